The van der Waals surface area contributed by atoms with Crippen molar-refractivity contribution in [2.45, 2.75) is 26.2 Å². The van der Waals surface area contributed by atoms with Gasteiger partial charge in [-0.05, 0) is 36.6 Å². The quantitative estimate of drug-likeness (QED) is 0.442. The van der Waals surface area contributed by atoms with Crippen LogP contribution in [0.4, 0.5) is 0 Å². The van der Waals surface area contributed by atoms with Gasteiger partial charge in [0.05, 0.1) is 0 Å². The number of hydrogen-bond acceptors (Lipinski definition) is 1. The third-order valence-corrected chi connectivity index (χ3v) is 5.20. The Morgan fingerprint density at radius 3 is 1.80 bits per heavy atom. The molecule has 3 aromatic rings. The van der Waals surface area contributed by atoms with E-state index in [1.54, 1.807) is 0 Å². The molecular weight excluding hydrogens is 320 g/mol. The first kappa shape index (κ1) is 17.7. The summed E-state index contributed by atoms with van der Waals surface area (Å²) in [6.07, 6.45) is 0.992. The zero-order chi connectivity index (χ0) is 17.5. The summed E-state index contributed by atoms with van der Waals surface area (Å²) in [4.78, 5) is 0. The first-order valence-electron chi connectivity index (χ1n) is 8.78. The lowest BCUT2D eigenvalue weighted by Crippen LogP contribution is -2.19. The molecule has 0 aromatic heterocycles. The average Bonchev–Trinajstić information content (AvgIpc) is 2.62. The van der Waals surface area contributed by atoms with Gasteiger partial charge >= 0.3 is 0 Å². The van der Waals surface area contributed by atoms with Crippen LogP contribution in [0.1, 0.15) is 34.6 Å². The van der Waals surface area contributed by atoms with Crippen molar-refractivity contribution >= 4 is 14.9 Å². The van der Waals surface area contributed by atoms with Gasteiger partial charge in [0.1, 0.15) is 0 Å². The Balaban J connectivity index is 1.63. The van der Waals surface area contributed by atoms with Crippen LogP contribution in [0.3, 0.4) is 0 Å². The molecule has 0 aliphatic carbocycles. The Morgan fingerprint density at radius 2 is 1.28 bits per heavy atom. The maximum atomic E-state index is 6.03. The van der Waals surface area contributed by atoms with E-state index in [0.29, 0.717) is 15.7 Å². The fraction of sp³-hybridized carbons (Fsp3) is 0.217. The number of benzene rings is 3. The second kappa shape index (κ2) is 8.79. The van der Waals surface area contributed by atoms with E-state index >= 15 is 0 Å². The van der Waals surface area contributed by atoms with Crippen molar-refractivity contribution in [3.63, 3.8) is 0 Å². The first-order chi connectivity index (χ1) is 12.2. The highest BCUT2D eigenvalue weighted by Gasteiger charge is 2.13. The van der Waals surface area contributed by atoms with Gasteiger partial charge in [-0.2, -0.15) is 0 Å². The molecule has 2 heteroatoms. The predicted molar refractivity (Wildman–Crippen MR) is 107 cm³/mol. The molecule has 0 amide bonds. The van der Waals surface area contributed by atoms with Crippen molar-refractivity contribution in [3.05, 3.63) is 101 Å². The SMILES string of the molecule is Cc1cc(C)cc([Si]OCCC(c2ccccc2)c2ccccc2)c1. The zero-order valence-electron chi connectivity index (χ0n) is 14.9. The van der Waals surface area contributed by atoms with Crippen molar-refractivity contribution in [1.29, 1.82) is 0 Å². The van der Waals surface area contributed by atoms with Gasteiger partial charge in [-0.25, -0.2) is 0 Å². The van der Waals surface area contributed by atoms with Gasteiger partial charge in [0.15, 0.2) is 0 Å². The molecule has 0 heterocycles. The molecule has 0 unspecified atom stereocenters. The molecule has 3 rings (SSSR count). The Bertz CT molecular complexity index is 724. The van der Waals surface area contributed by atoms with Crippen LogP contribution >= 0.6 is 0 Å². The molecule has 0 N–H and O–H groups in total. The summed E-state index contributed by atoms with van der Waals surface area (Å²) in [5.74, 6) is 0.381. The van der Waals surface area contributed by atoms with Crippen LogP contribution in [0.25, 0.3) is 0 Å². The van der Waals surface area contributed by atoms with Gasteiger partial charge in [-0.3, -0.25) is 0 Å². The van der Waals surface area contributed by atoms with Crippen LogP contribution < -0.4 is 5.19 Å². The van der Waals surface area contributed by atoms with Crippen molar-refractivity contribution in [2.24, 2.45) is 0 Å². The number of aryl methyl sites for hydroxylation is 2. The van der Waals surface area contributed by atoms with Crippen molar-refractivity contribution in [3.8, 4) is 0 Å². The highest BCUT2D eigenvalue weighted by Crippen LogP contribution is 2.27. The topological polar surface area (TPSA) is 9.23 Å². The van der Waals surface area contributed by atoms with Crippen molar-refractivity contribution in [2.75, 3.05) is 6.61 Å². The fourth-order valence-corrected chi connectivity index (χ4v) is 4.20. The smallest absolute Gasteiger partial charge is 0.268 e. The molecule has 0 atom stereocenters. The van der Waals surface area contributed by atoms with E-state index in [9.17, 15) is 0 Å². The summed E-state index contributed by atoms with van der Waals surface area (Å²) >= 11 is 0. The van der Waals surface area contributed by atoms with Crippen LogP contribution in [-0.2, 0) is 4.43 Å². The molecule has 0 aliphatic heterocycles. The van der Waals surface area contributed by atoms with E-state index < -0.39 is 0 Å². The van der Waals surface area contributed by atoms with E-state index in [2.05, 4.69) is 92.7 Å². The van der Waals surface area contributed by atoms with Gasteiger partial charge in [0, 0.05) is 12.5 Å². The fourth-order valence-electron chi connectivity index (χ4n) is 3.24. The summed E-state index contributed by atoms with van der Waals surface area (Å²) in [5, 5.41) is 1.29. The molecule has 3 aromatic carbocycles. The molecule has 0 saturated heterocycles. The number of hydrogen-bond donors (Lipinski definition) is 0. The zero-order valence-corrected chi connectivity index (χ0v) is 15.9. The first-order valence-corrected chi connectivity index (χ1v) is 9.69. The van der Waals surface area contributed by atoms with Crippen molar-refractivity contribution < 1.29 is 4.43 Å². The highest BCUT2D eigenvalue weighted by molar-refractivity contribution is 6.46. The molecule has 2 radical (unpaired) electrons. The lowest BCUT2D eigenvalue weighted by Gasteiger charge is -2.18. The average molecular weight is 345 g/mol. The van der Waals surface area contributed by atoms with E-state index in [-0.39, 0.29) is 0 Å². The molecular formula is C23H24OSi. The molecule has 0 fully saturated rings. The lowest BCUT2D eigenvalue weighted by molar-refractivity contribution is 0.325. The second-order valence-corrected chi connectivity index (χ2v) is 7.56. The summed E-state index contributed by atoms with van der Waals surface area (Å²) in [6, 6.07) is 28.1. The second-order valence-electron chi connectivity index (χ2n) is 6.49. The van der Waals surface area contributed by atoms with E-state index in [4.69, 9.17) is 4.43 Å². The highest BCUT2D eigenvalue weighted by atomic mass is 28.2. The molecule has 0 spiro atoms. The van der Waals surface area contributed by atoms with E-state index in [1.807, 2.05) is 0 Å². The van der Waals surface area contributed by atoms with Crippen LogP contribution in [0, 0.1) is 13.8 Å². The van der Waals surface area contributed by atoms with Crippen LogP contribution in [0.15, 0.2) is 78.9 Å². The molecule has 0 aliphatic rings. The van der Waals surface area contributed by atoms with E-state index in [1.165, 1.54) is 27.4 Å². The number of rotatable bonds is 7. The maximum absolute atomic E-state index is 6.03. The van der Waals surface area contributed by atoms with Gasteiger partial charge in [-0.1, -0.05) is 90.0 Å². The lowest BCUT2D eigenvalue weighted by atomic mass is 9.89. The molecule has 0 saturated carbocycles. The third kappa shape index (κ3) is 5.15. The molecule has 0 bridgehead atoms. The summed E-state index contributed by atoms with van der Waals surface area (Å²) < 4.78 is 6.03. The summed E-state index contributed by atoms with van der Waals surface area (Å²) in [6.45, 7) is 5.05. The predicted octanol–water partition coefficient (Wildman–Crippen LogP) is 4.79. The third-order valence-electron chi connectivity index (χ3n) is 4.32. The minimum atomic E-state index is 0.381. The van der Waals surface area contributed by atoms with Gasteiger partial charge in [-0.15, -0.1) is 0 Å². The van der Waals surface area contributed by atoms with Gasteiger partial charge < -0.3 is 4.43 Å². The maximum Gasteiger partial charge on any atom is 0.268 e. The van der Waals surface area contributed by atoms with Gasteiger partial charge in [0.25, 0.3) is 9.76 Å². The van der Waals surface area contributed by atoms with E-state index in [0.717, 1.165) is 13.0 Å². The van der Waals surface area contributed by atoms with Crippen molar-refractivity contribution in [1.82, 2.24) is 0 Å². The van der Waals surface area contributed by atoms with Crippen LogP contribution in [0.2, 0.25) is 0 Å². The summed E-state index contributed by atoms with van der Waals surface area (Å²) in [5.41, 5.74) is 5.31. The Hall–Kier alpha value is -2.16. The summed E-state index contributed by atoms with van der Waals surface area (Å²) in [7, 11) is 0.412. The monoisotopic (exact) mass is 344 g/mol. The molecule has 1 nitrogen and oxygen atoms in total. The Labute approximate surface area is 153 Å². The standard InChI is InChI=1S/C23H24OSi/c1-18-15-19(2)17-22(16-18)25-24-14-13-23(20-9-5-3-6-10-20)21-11-7-4-8-12-21/h3-12,15-17,23H,13-14H2,1-2H3. The molecule has 25 heavy (non-hydrogen) atoms. The largest absolute Gasteiger partial charge is 0.411 e. The Morgan fingerprint density at radius 1 is 0.760 bits per heavy atom. The van der Waals surface area contributed by atoms with Gasteiger partial charge in [0.2, 0.25) is 0 Å². The normalized spacial score (nSPS) is 11.0. The Kier molecular flexibility index (Phi) is 6.21. The minimum Gasteiger partial charge on any atom is -0.411 e. The molecule has 126 valence electrons. The van der Waals surface area contributed by atoms with Crippen LogP contribution in [0.5, 0.6) is 0 Å². The van der Waals surface area contributed by atoms with Crippen LogP contribution in [-0.4, -0.2) is 16.4 Å². The minimum absolute atomic E-state index is 0.381.